The van der Waals surface area contributed by atoms with E-state index in [4.69, 9.17) is 4.42 Å². The maximum absolute atomic E-state index is 13.4. The van der Waals surface area contributed by atoms with Crippen LogP contribution in [0.15, 0.2) is 86.8 Å². The molecular formula is C24H15F2N3O4. The van der Waals surface area contributed by atoms with Crippen molar-refractivity contribution in [3.05, 3.63) is 105 Å². The van der Waals surface area contributed by atoms with Gasteiger partial charge < -0.3 is 9.73 Å². The van der Waals surface area contributed by atoms with E-state index in [1.807, 2.05) is 0 Å². The molecule has 9 heteroatoms. The molecule has 1 amide bonds. The lowest BCUT2D eigenvalue weighted by atomic mass is 10.2. The summed E-state index contributed by atoms with van der Waals surface area (Å²) in [6, 6.07) is 16.7. The molecule has 2 aromatic heterocycles. The van der Waals surface area contributed by atoms with Gasteiger partial charge in [-0.05, 0) is 60.7 Å². The Bertz CT molecular complexity index is 1630. The van der Waals surface area contributed by atoms with Crippen molar-refractivity contribution in [2.45, 2.75) is 6.54 Å². The van der Waals surface area contributed by atoms with Crippen LogP contribution >= 0.6 is 0 Å². The third-order valence-corrected chi connectivity index (χ3v) is 5.17. The lowest BCUT2D eigenvalue weighted by Crippen LogP contribution is -2.40. The highest BCUT2D eigenvalue weighted by molar-refractivity contribution is 6.03. The number of carbonyl (C=O) groups is 1. The smallest absolute Gasteiger partial charge is 0.336 e. The molecule has 0 saturated carbocycles. The molecule has 7 nitrogen and oxygen atoms in total. The summed E-state index contributed by atoms with van der Waals surface area (Å²) in [6.07, 6.45) is 0. The van der Waals surface area contributed by atoms with E-state index in [0.29, 0.717) is 16.7 Å². The zero-order valence-electron chi connectivity index (χ0n) is 16.9. The highest BCUT2D eigenvalue weighted by Crippen LogP contribution is 2.26. The SMILES string of the molecule is O=C(Cn1c(=O)n(-c2ccc(F)cc2)c(=O)c2oc3ccccc3c21)Nc1ccc(F)cc1. The molecular weight excluding hydrogens is 432 g/mol. The summed E-state index contributed by atoms with van der Waals surface area (Å²) in [5.41, 5.74) is -0.625. The third kappa shape index (κ3) is 3.59. The van der Waals surface area contributed by atoms with Gasteiger partial charge >= 0.3 is 11.2 Å². The minimum absolute atomic E-state index is 0.116. The molecule has 0 fully saturated rings. The van der Waals surface area contributed by atoms with E-state index in [1.54, 1.807) is 24.3 Å². The van der Waals surface area contributed by atoms with Crippen LogP contribution in [0.4, 0.5) is 14.5 Å². The molecule has 0 unspecified atom stereocenters. The van der Waals surface area contributed by atoms with Crippen LogP contribution in [0.25, 0.3) is 27.8 Å². The maximum atomic E-state index is 13.4. The number of nitrogens with one attached hydrogen (secondary N) is 1. The zero-order valence-corrected chi connectivity index (χ0v) is 16.9. The van der Waals surface area contributed by atoms with Gasteiger partial charge in [0.15, 0.2) is 0 Å². The molecule has 0 saturated heterocycles. The predicted molar refractivity (Wildman–Crippen MR) is 119 cm³/mol. The van der Waals surface area contributed by atoms with E-state index in [0.717, 1.165) is 21.3 Å². The summed E-state index contributed by atoms with van der Waals surface area (Å²) in [5, 5.41) is 3.09. The summed E-state index contributed by atoms with van der Waals surface area (Å²) >= 11 is 0. The van der Waals surface area contributed by atoms with E-state index >= 15 is 0 Å². The Labute approximate surface area is 184 Å². The van der Waals surface area contributed by atoms with E-state index in [9.17, 15) is 23.2 Å². The van der Waals surface area contributed by atoms with Crippen LogP contribution in [0, 0.1) is 11.6 Å². The van der Waals surface area contributed by atoms with Gasteiger partial charge in [-0.1, -0.05) is 12.1 Å². The van der Waals surface area contributed by atoms with Gasteiger partial charge in [-0.15, -0.1) is 0 Å². The second-order valence-corrected chi connectivity index (χ2v) is 7.32. The largest absolute Gasteiger partial charge is 0.449 e. The number of furan rings is 1. The van der Waals surface area contributed by atoms with Crippen LogP contribution in [-0.2, 0) is 11.3 Å². The number of carbonyl (C=O) groups excluding carboxylic acids is 1. The molecule has 0 atom stereocenters. The van der Waals surface area contributed by atoms with Crippen LogP contribution < -0.4 is 16.6 Å². The first kappa shape index (κ1) is 20.4. The van der Waals surface area contributed by atoms with E-state index in [1.165, 1.54) is 36.4 Å². The minimum Gasteiger partial charge on any atom is -0.449 e. The molecule has 2 heterocycles. The van der Waals surface area contributed by atoms with Crippen molar-refractivity contribution in [1.82, 2.24) is 9.13 Å². The number of para-hydroxylation sites is 1. The highest BCUT2D eigenvalue weighted by atomic mass is 19.1. The lowest BCUT2D eigenvalue weighted by Gasteiger charge is -2.12. The quantitative estimate of drug-likeness (QED) is 0.454. The molecule has 0 aliphatic heterocycles. The monoisotopic (exact) mass is 447 g/mol. The number of anilines is 1. The van der Waals surface area contributed by atoms with Gasteiger partial charge in [0, 0.05) is 11.1 Å². The van der Waals surface area contributed by atoms with Crippen LogP contribution in [0.1, 0.15) is 0 Å². The molecule has 0 aliphatic carbocycles. The number of hydrogen-bond donors (Lipinski definition) is 1. The van der Waals surface area contributed by atoms with E-state index < -0.39 is 35.3 Å². The van der Waals surface area contributed by atoms with Gasteiger partial charge in [-0.2, -0.15) is 0 Å². The van der Waals surface area contributed by atoms with E-state index in [-0.39, 0.29) is 16.8 Å². The molecule has 164 valence electrons. The molecule has 33 heavy (non-hydrogen) atoms. The van der Waals surface area contributed by atoms with Crippen molar-refractivity contribution >= 4 is 33.7 Å². The van der Waals surface area contributed by atoms with Crippen molar-refractivity contribution in [2.24, 2.45) is 0 Å². The Morgan fingerprint density at radius 3 is 2.21 bits per heavy atom. The number of rotatable bonds is 4. The van der Waals surface area contributed by atoms with Gasteiger partial charge in [0.1, 0.15) is 29.3 Å². The number of aromatic nitrogens is 2. The van der Waals surface area contributed by atoms with Gasteiger partial charge in [0.25, 0.3) is 0 Å². The molecule has 3 aromatic carbocycles. The number of hydrogen-bond acceptors (Lipinski definition) is 4. The van der Waals surface area contributed by atoms with Crippen molar-refractivity contribution in [3.63, 3.8) is 0 Å². The predicted octanol–water partition coefficient (Wildman–Crippen LogP) is 3.82. The van der Waals surface area contributed by atoms with Crippen LogP contribution in [0.5, 0.6) is 0 Å². The average molecular weight is 447 g/mol. The van der Waals surface area contributed by atoms with Crippen LogP contribution in [-0.4, -0.2) is 15.0 Å². The van der Waals surface area contributed by atoms with Gasteiger partial charge in [0.2, 0.25) is 11.5 Å². The minimum atomic E-state index is -0.792. The van der Waals surface area contributed by atoms with Crippen molar-refractivity contribution in [3.8, 4) is 5.69 Å². The first-order valence-corrected chi connectivity index (χ1v) is 9.91. The van der Waals surface area contributed by atoms with Crippen LogP contribution in [0.3, 0.4) is 0 Å². The number of fused-ring (bicyclic) bond motifs is 3. The molecule has 0 spiro atoms. The molecule has 0 aliphatic rings. The topological polar surface area (TPSA) is 86.2 Å². The Morgan fingerprint density at radius 2 is 1.52 bits per heavy atom. The Hall–Kier alpha value is -4.53. The number of amides is 1. The number of halogens is 2. The first-order chi connectivity index (χ1) is 15.9. The molecule has 0 bridgehead atoms. The summed E-state index contributed by atoms with van der Waals surface area (Å²) < 4.78 is 34.3. The second-order valence-electron chi connectivity index (χ2n) is 7.32. The Balaban J connectivity index is 1.71. The Kier molecular flexibility index (Phi) is 4.86. The Morgan fingerprint density at radius 1 is 0.879 bits per heavy atom. The average Bonchev–Trinajstić information content (AvgIpc) is 3.19. The summed E-state index contributed by atoms with van der Waals surface area (Å²) in [4.78, 5) is 39.4. The number of nitrogens with zero attached hydrogens (tertiary/aromatic N) is 2. The lowest BCUT2D eigenvalue weighted by molar-refractivity contribution is -0.116. The molecule has 0 radical (unpaired) electrons. The fraction of sp³-hybridized carbons (Fsp3) is 0.0417. The van der Waals surface area contributed by atoms with Gasteiger partial charge in [-0.3, -0.25) is 14.2 Å². The zero-order chi connectivity index (χ0) is 23.1. The van der Waals surface area contributed by atoms with Crippen molar-refractivity contribution < 1.29 is 18.0 Å². The second kappa shape index (κ2) is 7.86. The summed E-state index contributed by atoms with van der Waals surface area (Å²) in [6.45, 7) is -0.447. The summed E-state index contributed by atoms with van der Waals surface area (Å²) in [5.74, 6) is -1.56. The third-order valence-electron chi connectivity index (χ3n) is 5.17. The van der Waals surface area contributed by atoms with Crippen molar-refractivity contribution in [2.75, 3.05) is 5.32 Å². The van der Waals surface area contributed by atoms with Gasteiger partial charge in [-0.25, -0.2) is 18.1 Å². The standard InChI is InChI=1S/C24H15F2N3O4/c25-14-5-9-16(10-6-14)27-20(30)13-28-21-18-3-1-2-4-19(18)33-22(21)23(31)29(24(28)32)17-11-7-15(26)8-12-17/h1-12H,13H2,(H,27,30). The number of benzene rings is 3. The fourth-order valence-electron chi connectivity index (χ4n) is 3.69. The molecule has 1 N–H and O–H groups in total. The van der Waals surface area contributed by atoms with Gasteiger partial charge in [0.05, 0.1) is 5.69 Å². The van der Waals surface area contributed by atoms with Crippen molar-refractivity contribution in [1.29, 1.82) is 0 Å². The summed E-state index contributed by atoms with van der Waals surface area (Å²) in [7, 11) is 0. The normalized spacial score (nSPS) is 11.2. The maximum Gasteiger partial charge on any atom is 0.336 e. The molecule has 5 aromatic rings. The van der Waals surface area contributed by atoms with Crippen LogP contribution in [0.2, 0.25) is 0 Å². The van der Waals surface area contributed by atoms with E-state index in [2.05, 4.69) is 5.32 Å². The first-order valence-electron chi connectivity index (χ1n) is 9.91. The molecule has 5 rings (SSSR count). The fourth-order valence-corrected chi connectivity index (χ4v) is 3.69. The highest BCUT2D eigenvalue weighted by Gasteiger charge is 2.22.